The molecule has 0 radical (unpaired) electrons. The van der Waals surface area contributed by atoms with Gasteiger partial charge in [0.15, 0.2) is 5.82 Å². The van der Waals surface area contributed by atoms with Crippen molar-refractivity contribution >= 4 is 23.1 Å². The number of benzene rings is 1. The number of hydrogen-bond acceptors (Lipinski definition) is 3. The normalized spacial score (nSPS) is 20.6. The monoisotopic (exact) mass is 358 g/mol. The molecule has 134 valence electrons. The summed E-state index contributed by atoms with van der Waals surface area (Å²) < 4.78 is 38.8. The van der Waals surface area contributed by atoms with E-state index in [-0.39, 0.29) is 22.8 Å². The molecule has 7 heteroatoms. The smallest absolute Gasteiger partial charge is 0.336 e. The average Bonchev–Trinajstić information content (AvgIpc) is 3.06. The van der Waals surface area contributed by atoms with E-state index in [4.69, 9.17) is 0 Å². The van der Waals surface area contributed by atoms with E-state index in [0.717, 1.165) is 18.9 Å². The van der Waals surface area contributed by atoms with Gasteiger partial charge in [-0.05, 0) is 36.0 Å². The molecule has 0 saturated carbocycles. The van der Waals surface area contributed by atoms with E-state index >= 15 is 0 Å². The van der Waals surface area contributed by atoms with Crippen LogP contribution in [0.4, 0.5) is 19.0 Å². The maximum atomic E-state index is 12.9. The minimum atomic E-state index is -4.46. The lowest BCUT2D eigenvalue weighted by Gasteiger charge is -2.28. The van der Waals surface area contributed by atoms with Crippen LogP contribution in [0.5, 0.6) is 0 Å². The summed E-state index contributed by atoms with van der Waals surface area (Å²) >= 11 is 0. The van der Waals surface area contributed by atoms with Crippen molar-refractivity contribution in [3.63, 3.8) is 0 Å². The molecule has 0 amide bonds. The van der Waals surface area contributed by atoms with Gasteiger partial charge < -0.3 is 4.98 Å². The number of aromatic nitrogens is 3. The van der Waals surface area contributed by atoms with Gasteiger partial charge in [-0.25, -0.2) is 15.0 Å². The van der Waals surface area contributed by atoms with Crippen LogP contribution in [0.15, 0.2) is 41.7 Å². The first-order chi connectivity index (χ1) is 12.4. The van der Waals surface area contributed by atoms with E-state index in [1.54, 1.807) is 0 Å². The molecule has 2 atom stereocenters. The third-order valence-corrected chi connectivity index (χ3v) is 4.96. The zero-order valence-corrected chi connectivity index (χ0v) is 14.1. The van der Waals surface area contributed by atoms with Gasteiger partial charge in [-0.3, -0.25) is 0 Å². The van der Waals surface area contributed by atoms with Gasteiger partial charge in [0.05, 0.1) is 5.39 Å². The highest BCUT2D eigenvalue weighted by molar-refractivity contribution is 5.88. The molecule has 1 unspecified atom stereocenters. The molecule has 1 aliphatic rings. The van der Waals surface area contributed by atoms with E-state index < -0.39 is 11.9 Å². The molecule has 1 aliphatic carbocycles. The molecular formula is C19H17F3N4. The third kappa shape index (κ3) is 2.98. The number of rotatable bonds is 2. The van der Waals surface area contributed by atoms with Crippen LogP contribution in [-0.4, -0.2) is 21.2 Å². The van der Waals surface area contributed by atoms with E-state index in [1.807, 2.05) is 18.3 Å². The number of aromatic amines is 1. The summed E-state index contributed by atoms with van der Waals surface area (Å²) in [6.45, 7) is 2.17. The standard InChI is InChI=1S/C19H17F3N4/c1-11-6-7-12-4-2-3-5-13(12)15(11)9-23-17-14-8-16(19(20,21)22)26-18(14)25-10-24-17/h2-5,8-11,15H,6-7H2,1H3,(H,24,25,26)/t11-,15?/m0/s1. The van der Waals surface area contributed by atoms with Gasteiger partial charge in [0, 0.05) is 12.1 Å². The quantitative estimate of drug-likeness (QED) is 0.652. The van der Waals surface area contributed by atoms with Gasteiger partial charge in [-0.1, -0.05) is 31.2 Å². The Morgan fingerprint density at radius 3 is 2.85 bits per heavy atom. The summed E-state index contributed by atoms with van der Waals surface area (Å²) in [6, 6.07) is 9.25. The highest BCUT2D eigenvalue weighted by atomic mass is 19.4. The number of nitrogens with zero attached hydrogens (tertiary/aromatic N) is 3. The van der Waals surface area contributed by atoms with Crippen molar-refractivity contribution < 1.29 is 13.2 Å². The Bertz CT molecular complexity index is 974. The first kappa shape index (κ1) is 16.8. The number of fused-ring (bicyclic) bond motifs is 2. The summed E-state index contributed by atoms with van der Waals surface area (Å²) in [6.07, 6.45) is 0.661. The average molecular weight is 358 g/mol. The Balaban J connectivity index is 1.72. The third-order valence-electron chi connectivity index (χ3n) is 4.96. The molecule has 1 aromatic carbocycles. The molecular weight excluding hydrogens is 341 g/mol. The van der Waals surface area contributed by atoms with Crippen molar-refractivity contribution in [2.24, 2.45) is 10.9 Å². The second kappa shape index (κ2) is 6.23. The maximum Gasteiger partial charge on any atom is 0.431 e. The van der Waals surface area contributed by atoms with Crippen molar-refractivity contribution in [1.82, 2.24) is 15.0 Å². The summed E-state index contributed by atoms with van der Waals surface area (Å²) in [5, 5.41) is 0.271. The predicted molar refractivity (Wildman–Crippen MR) is 93.7 cm³/mol. The van der Waals surface area contributed by atoms with Crippen LogP contribution < -0.4 is 0 Å². The van der Waals surface area contributed by atoms with E-state index in [2.05, 4.69) is 39.0 Å². The molecule has 3 aromatic rings. The summed E-state index contributed by atoms with van der Waals surface area (Å²) in [7, 11) is 0. The molecule has 4 nitrogen and oxygen atoms in total. The van der Waals surface area contributed by atoms with Crippen molar-refractivity contribution in [2.75, 3.05) is 0 Å². The molecule has 0 spiro atoms. The van der Waals surface area contributed by atoms with Gasteiger partial charge in [0.1, 0.15) is 17.7 Å². The number of nitrogens with one attached hydrogen (secondary N) is 1. The summed E-state index contributed by atoms with van der Waals surface area (Å²) in [5.74, 6) is 0.769. The zero-order valence-electron chi connectivity index (χ0n) is 14.1. The number of aryl methyl sites for hydroxylation is 1. The van der Waals surface area contributed by atoms with Gasteiger partial charge in [-0.15, -0.1) is 0 Å². The predicted octanol–water partition coefficient (Wildman–Crippen LogP) is 5.05. The Morgan fingerprint density at radius 2 is 2.04 bits per heavy atom. The van der Waals surface area contributed by atoms with Crippen LogP contribution in [-0.2, 0) is 12.6 Å². The van der Waals surface area contributed by atoms with Crippen molar-refractivity contribution in [3.8, 4) is 0 Å². The van der Waals surface area contributed by atoms with E-state index in [0.29, 0.717) is 5.92 Å². The van der Waals surface area contributed by atoms with Crippen LogP contribution in [0, 0.1) is 5.92 Å². The van der Waals surface area contributed by atoms with Crippen molar-refractivity contribution in [2.45, 2.75) is 31.9 Å². The molecule has 26 heavy (non-hydrogen) atoms. The van der Waals surface area contributed by atoms with Crippen LogP contribution in [0.2, 0.25) is 0 Å². The molecule has 0 saturated heterocycles. The highest BCUT2D eigenvalue weighted by Gasteiger charge is 2.33. The van der Waals surface area contributed by atoms with Crippen LogP contribution in [0.3, 0.4) is 0 Å². The topological polar surface area (TPSA) is 53.9 Å². The maximum absolute atomic E-state index is 12.9. The number of hydrogen-bond donors (Lipinski definition) is 1. The zero-order chi connectivity index (χ0) is 18.3. The molecule has 1 N–H and O–H groups in total. The van der Waals surface area contributed by atoms with Crippen LogP contribution >= 0.6 is 0 Å². The fourth-order valence-electron chi connectivity index (χ4n) is 3.52. The number of alkyl halides is 3. The second-order valence-electron chi connectivity index (χ2n) is 6.66. The van der Waals surface area contributed by atoms with Crippen molar-refractivity contribution in [1.29, 1.82) is 0 Å². The second-order valence-corrected chi connectivity index (χ2v) is 6.66. The lowest BCUT2D eigenvalue weighted by Crippen LogP contribution is -2.19. The minimum Gasteiger partial charge on any atom is -0.336 e. The molecule has 0 aliphatic heterocycles. The fourth-order valence-corrected chi connectivity index (χ4v) is 3.52. The molecule has 4 rings (SSSR count). The lowest BCUT2D eigenvalue weighted by molar-refractivity contribution is -0.140. The largest absolute Gasteiger partial charge is 0.431 e. The number of H-pyrrole nitrogens is 1. The minimum absolute atomic E-state index is 0.117. The van der Waals surface area contributed by atoms with Gasteiger partial charge >= 0.3 is 6.18 Å². The Morgan fingerprint density at radius 1 is 1.23 bits per heavy atom. The molecule has 0 bridgehead atoms. The van der Waals surface area contributed by atoms with Gasteiger partial charge in [0.2, 0.25) is 0 Å². The first-order valence-corrected chi connectivity index (χ1v) is 8.46. The first-order valence-electron chi connectivity index (χ1n) is 8.46. The summed E-state index contributed by atoms with van der Waals surface area (Å²) in [5.41, 5.74) is 1.82. The van der Waals surface area contributed by atoms with Crippen molar-refractivity contribution in [3.05, 3.63) is 53.5 Å². The molecule has 2 heterocycles. The Hall–Kier alpha value is -2.70. The number of aliphatic imine (C=N–C) groups is 1. The fraction of sp³-hybridized carbons (Fsp3) is 0.316. The molecule has 2 aromatic heterocycles. The van der Waals surface area contributed by atoms with E-state index in [1.165, 1.54) is 17.5 Å². The van der Waals surface area contributed by atoms with Gasteiger partial charge in [-0.2, -0.15) is 13.2 Å². The van der Waals surface area contributed by atoms with Crippen LogP contribution in [0.25, 0.3) is 11.0 Å². The summed E-state index contributed by atoms with van der Waals surface area (Å²) in [4.78, 5) is 14.7. The van der Waals surface area contributed by atoms with E-state index in [9.17, 15) is 13.2 Å². The Labute approximate surface area is 148 Å². The lowest BCUT2D eigenvalue weighted by atomic mass is 9.76. The Kier molecular flexibility index (Phi) is 4.01. The highest BCUT2D eigenvalue weighted by Crippen LogP contribution is 2.36. The van der Waals surface area contributed by atoms with Crippen LogP contribution in [0.1, 0.15) is 36.1 Å². The number of halogens is 3. The van der Waals surface area contributed by atoms with Gasteiger partial charge in [0.25, 0.3) is 0 Å². The molecule has 0 fully saturated rings. The SMILES string of the molecule is C[C@H]1CCc2ccccc2C1C=Nc1ncnc2[nH]c(C(F)(F)F)cc12.